The van der Waals surface area contributed by atoms with Crippen LogP contribution in [0.15, 0.2) is 66.7 Å². The number of ether oxygens (including phenoxy) is 1. The molecule has 1 aliphatic rings. The van der Waals surface area contributed by atoms with Crippen LogP contribution in [0.25, 0.3) is 11.1 Å². The van der Waals surface area contributed by atoms with Crippen LogP contribution in [0.1, 0.15) is 36.0 Å². The van der Waals surface area contributed by atoms with Gasteiger partial charge in [0.1, 0.15) is 12.4 Å². The maximum Gasteiger partial charge on any atom is 0.407 e. The average molecular weight is 450 g/mol. The number of nitro groups is 1. The van der Waals surface area contributed by atoms with Crippen molar-refractivity contribution < 1.29 is 24.0 Å². The van der Waals surface area contributed by atoms with E-state index in [-0.39, 0.29) is 36.8 Å². The van der Waals surface area contributed by atoms with E-state index < -0.39 is 22.4 Å². The number of alkyl carbamates (subject to hydrolysis) is 1. The van der Waals surface area contributed by atoms with Crippen LogP contribution in [0.3, 0.4) is 0 Å². The molecule has 0 saturated carbocycles. The van der Waals surface area contributed by atoms with Crippen LogP contribution < -0.4 is 5.32 Å². The molecule has 7 nitrogen and oxygen atoms in total. The standard InChI is InChI=1S/C25H23FN2O5/c1-25(12-13-29,22-14-16(28(31)32)10-11-23(22)26)27-24(30)33-15-21-19-8-4-2-6-17(19)18-7-3-5-9-20(18)21/h2-11,14,21,29H,12-13,15H2,1H3,(H,27,30). The van der Waals surface area contributed by atoms with Gasteiger partial charge in [0.05, 0.1) is 10.5 Å². The van der Waals surface area contributed by atoms with Gasteiger partial charge >= 0.3 is 6.09 Å². The Hall–Kier alpha value is -3.78. The van der Waals surface area contributed by atoms with Crippen LogP contribution in [-0.4, -0.2) is 29.3 Å². The van der Waals surface area contributed by atoms with Crippen LogP contribution in [0.4, 0.5) is 14.9 Å². The minimum absolute atomic E-state index is 0.0602. The third kappa shape index (κ3) is 4.29. The highest BCUT2D eigenvalue weighted by molar-refractivity contribution is 5.79. The number of nitrogens with zero attached hydrogens (tertiary/aromatic N) is 1. The van der Waals surface area contributed by atoms with Gasteiger partial charge in [-0.15, -0.1) is 0 Å². The lowest BCUT2D eigenvalue weighted by Crippen LogP contribution is -2.45. The fraction of sp³-hybridized carbons (Fsp3) is 0.240. The van der Waals surface area contributed by atoms with Gasteiger partial charge in [-0.3, -0.25) is 10.1 Å². The first-order valence-electron chi connectivity index (χ1n) is 10.5. The minimum atomic E-state index is -1.41. The molecule has 0 fully saturated rings. The van der Waals surface area contributed by atoms with Gasteiger partial charge in [-0.25, -0.2) is 9.18 Å². The van der Waals surface area contributed by atoms with Gasteiger partial charge in [-0.05, 0) is 41.7 Å². The van der Waals surface area contributed by atoms with Crippen molar-refractivity contribution in [1.29, 1.82) is 0 Å². The van der Waals surface area contributed by atoms with Gasteiger partial charge in [-0.1, -0.05) is 48.5 Å². The Kier molecular flexibility index (Phi) is 6.11. The summed E-state index contributed by atoms with van der Waals surface area (Å²) in [5, 5.41) is 23.3. The smallest absolute Gasteiger partial charge is 0.407 e. The molecule has 3 aromatic carbocycles. The number of nitro benzene ring substituents is 1. The summed E-state index contributed by atoms with van der Waals surface area (Å²) >= 11 is 0. The average Bonchev–Trinajstić information content (AvgIpc) is 3.11. The topological polar surface area (TPSA) is 102 Å². The lowest BCUT2D eigenvalue weighted by atomic mass is 9.88. The molecular weight excluding hydrogens is 427 g/mol. The molecule has 1 atom stereocenters. The number of rotatable bonds is 7. The number of aliphatic hydroxyl groups excluding tert-OH is 1. The molecule has 1 unspecified atom stereocenters. The third-order valence-corrected chi connectivity index (χ3v) is 6.09. The summed E-state index contributed by atoms with van der Waals surface area (Å²) in [6, 6.07) is 18.9. The zero-order valence-corrected chi connectivity index (χ0v) is 18.0. The highest BCUT2D eigenvalue weighted by Crippen LogP contribution is 2.44. The van der Waals surface area contributed by atoms with Gasteiger partial charge in [0.2, 0.25) is 0 Å². The number of amides is 1. The molecule has 1 amide bonds. The van der Waals surface area contributed by atoms with Crippen molar-refractivity contribution in [2.24, 2.45) is 0 Å². The van der Waals surface area contributed by atoms with Gasteiger partial charge < -0.3 is 15.2 Å². The van der Waals surface area contributed by atoms with Crippen LogP contribution >= 0.6 is 0 Å². The van der Waals surface area contributed by atoms with E-state index in [1.54, 1.807) is 0 Å². The first-order valence-corrected chi connectivity index (χ1v) is 10.5. The number of halogens is 1. The summed E-state index contributed by atoms with van der Waals surface area (Å²) in [7, 11) is 0. The van der Waals surface area contributed by atoms with E-state index in [0.717, 1.165) is 40.5 Å². The number of hydrogen-bond acceptors (Lipinski definition) is 5. The maximum absolute atomic E-state index is 14.6. The lowest BCUT2D eigenvalue weighted by Gasteiger charge is -2.31. The van der Waals surface area contributed by atoms with E-state index in [4.69, 9.17) is 4.74 Å². The maximum atomic E-state index is 14.6. The summed E-state index contributed by atoms with van der Waals surface area (Å²) in [5.74, 6) is -0.878. The zero-order valence-electron chi connectivity index (χ0n) is 18.0. The summed E-state index contributed by atoms with van der Waals surface area (Å²) in [6.45, 7) is 1.18. The molecule has 0 aromatic heterocycles. The number of non-ortho nitro benzene ring substituents is 1. The predicted octanol–water partition coefficient (Wildman–Crippen LogP) is 4.87. The Balaban J connectivity index is 1.54. The number of aliphatic hydroxyl groups is 1. The molecule has 0 saturated heterocycles. The number of benzene rings is 3. The van der Waals surface area contributed by atoms with Crippen molar-refractivity contribution in [3.63, 3.8) is 0 Å². The second kappa shape index (κ2) is 8.99. The van der Waals surface area contributed by atoms with Crippen LogP contribution in [0.5, 0.6) is 0 Å². The molecule has 0 radical (unpaired) electrons. The fourth-order valence-corrected chi connectivity index (χ4v) is 4.40. The Morgan fingerprint density at radius 3 is 2.30 bits per heavy atom. The van der Waals surface area contributed by atoms with E-state index in [9.17, 15) is 24.4 Å². The second-order valence-electron chi connectivity index (χ2n) is 8.18. The largest absolute Gasteiger partial charge is 0.449 e. The summed E-state index contributed by atoms with van der Waals surface area (Å²) in [4.78, 5) is 23.2. The molecule has 3 aromatic rings. The van der Waals surface area contributed by atoms with Crippen molar-refractivity contribution in [3.8, 4) is 11.1 Å². The quantitative estimate of drug-likeness (QED) is 0.395. The normalized spacial score (nSPS) is 14.2. The predicted molar refractivity (Wildman–Crippen MR) is 120 cm³/mol. The van der Waals surface area contributed by atoms with Crippen LogP contribution in [0, 0.1) is 15.9 Å². The van der Waals surface area contributed by atoms with E-state index in [2.05, 4.69) is 5.32 Å². The number of carbonyl (C=O) groups is 1. The molecule has 0 heterocycles. The molecule has 170 valence electrons. The zero-order chi connectivity index (χ0) is 23.6. The first-order chi connectivity index (χ1) is 15.8. The number of carbonyl (C=O) groups excluding carboxylic acids is 1. The molecule has 4 rings (SSSR count). The first kappa shape index (κ1) is 22.4. The van der Waals surface area contributed by atoms with E-state index in [1.807, 2.05) is 48.5 Å². The van der Waals surface area contributed by atoms with E-state index in [1.165, 1.54) is 6.92 Å². The van der Waals surface area contributed by atoms with Gasteiger partial charge in [0, 0.05) is 30.2 Å². The van der Waals surface area contributed by atoms with Crippen molar-refractivity contribution in [2.75, 3.05) is 13.2 Å². The molecule has 0 spiro atoms. The second-order valence-corrected chi connectivity index (χ2v) is 8.18. The molecule has 8 heteroatoms. The Bertz CT molecular complexity index is 1170. The SMILES string of the molecule is CC(CCO)(NC(=O)OCC1c2ccccc2-c2ccccc21)c1cc([N+](=O)[O-])ccc1F. The van der Waals surface area contributed by atoms with Gasteiger partial charge in [-0.2, -0.15) is 0 Å². The van der Waals surface area contributed by atoms with Crippen molar-refractivity contribution in [3.05, 3.63) is 99.4 Å². The van der Waals surface area contributed by atoms with Crippen molar-refractivity contribution >= 4 is 11.8 Å². The minimum Gasteiger partial charge on any atom is -0.449 e. The highest BCUT2D eigenvalue weighted by Gasteiger charge is 2.34. The molecule has 33 heavy (non-hydrogen) atoms. The summed E-state index contributed by atoms with van der Waals surface area (Å²) < 4.78 is 20.1. The number of hydrogen-bond donors (Lipinski definition) is 2. The van der Waals surface area contributed by atoms with E-state index in [0.29, 0.717) is 0 Å². The Labute approximate surface area is 190 Å². The summed E-state index contributed by atoms with van der Waals surface area (Å²) in [5.41, 5.74) is 2.46. The molecule has 2 N–H and O–H groups in total. The third-order valence-electron chi connectivity index (χ3n) is 6.09. The van der Waals surface area contributed by atoms with Gasteiger partial charge in [0.15, 0.2) is 0 Å². The van der Waals surface area contributed by atoms with Crippen LogP contribution in [-0.2, 0) is 10.3 Å². The van der Waals surface area contributed by atoms with E-state index >= 15 is 0 Å². The number of nitrogens with one attached hydrogen (secondary N) is 1. The molecular formula is C25H23FN2O5. The van der Waals surface area contributed by atoms with Crippen LogP contribution in [0.2, 0.25) is 0 Å². The molecule has 0 bridgehead atoms. The Morgan fingerprint density at radius 2 is 1.73 bits per heavy atom. The van der Waals surface area contributed by atoms with Crippen molar-refractivity contribution in [2.45, 2.75) is 24.8 Å². The highest BCUT2D eigenvalue weighted by atomic mass is 19.1. The molecule has 0 aliphatic heterocycles. The van der Waals surface area contributed by atoms with Gasteiger partial charge in [0.25, 0.3) is 5.69 Å². The number of fused-ring (bicyclic) bond motifs is 3. The lowest BCUT2D eigenvalue weighted by molar-refractivity contribution is -0.385. The molecule has 1 aliphatic carbocycles. The summed E-state index contributed by atoms with van der Waals surface area (Å²) in [6.07, 6.45) is -0.867. The van der Waals surface area contributed by atoms with Crippen molar-refractivity contribution in [1.82, 2.24) is 5.32 Å². The fourth-order valence-electron chi connectivity index (χ4n) is 4.40. The monoisotopic (exact) mass is 450 g/mol. The Morgan fingerprint density at radius 1 is 1.12 bits per heavy atom.